The molecule has 116 valence electrons. The average Bonchev–Trinajstić information content (AvgIpc) is 2.91. The fraction of sp³-hybridized carbons (Fsp3) is 0.308. The summed E-state index contributed by atoms with van der Waals surface area (Å²) in [5.74, 6) is 0.790. The summed E-state index contributed by atoms with van der Waals surface area (Å²) in [6.45, 7) is 3.52. The lowest BCUT2D eigenvalue weighted by Crippen LogP contribution is -2.36. The molecule has 1 aromatic heterocycles. The van der Waals surface area contributed by atoms with Crippen LogP contribution >= 0.6 is 0 Å². The average molecular weight is 305 g/mol. The van der Waals surface area contributed by atoms with E-state index >= 15 is 0 Å². The number of aromatic nitrogens is 2. The van der Waals surface area contributed by atoms with Crippen LogP contribution in [0.3, 0.4) is 0 Å². The van der Waals surface area contributed by atoms with Crippen molar-refractivity contribution >= 4 is 11.7 Å². The third-order valence-corrected chi connectivity index (χ3v) is 2.91. The Morgan fingerprint density at radius 3 is 2.91 bits per heavy atom. The van der Waals surface area contributed by atoms with E-state index in [1.165, 1.54) is 12.1 Å². The Bertz CT molecular complexity index is 685. The van der Waals surface area contributed by atoms with Gasteiger partial charge in [0.25, 0.3) is 5.69 Å². The van der Waals surface area contributed by atoms with Crippen LogP contribution in [-0.2, 0) is 6.54 Å². The molecule has 0 aliphatic heterocycles. The van der Waals surface area contributed by atoms with Gasteiger partial charge in [-0.1, -0.05) is 17.3 Å². The van der Waals surface area contributed by atoms with Gasteiger partial charge in [0.1, 0.15) is 0 Å². The maximum Gasteiger partial charge on any atom is 0.315 e. The summed E-state index contributed by atoms with van der Waals surface area (Å²) < 4.78 is 4.79. The quantitative estimate of drug-likeness (QED) is 0.641. The summed E-state index contributed by atoms with van der Waals surface area (Å²) in [5.41, 5.74) is 0.619. The molecule has 0 radical (unpaired) electrons. The number of nitrogens with zero attached hydrogens (tertiary/aromatic N) is 3. The SMILES string of the molecule is Cc1nc(CNC(=O)N[C@@H](C)c2cccc([N+](=O)[O-])c2)no1. The van der Waals surface area contributed by atoms with Crippen LogP contribution in [0.15, 0.2) is 28.8 Å². The predicted molar refractivity (Wildman–Crippen MR) is 75.9 cm³/mol. The Morgan fingerprint density at radius 1 is 1.50 bits per heavy atom. The van der Waals surface area contributed by atoms with Crippen LogP contribution in [0, 0.1) is 17.0 Å². The van der Waals surface area contributed by atoms with Gasteiger partial charge in [-0.15, -0.1) is 0 Å². The number of rotatable bonds is 5. The highest BCUT2D eigenvalue weighted by Crippen LogP contribution is 2.18. The highest BCUT2D eigenvalue weighted by Gasteiger charge is 2.13. The van der Waals surface area contributed by atoms with Gasteiger partial charge in [0.15, 0.2) is 5.82 Å². The normalized spacial score (nSPS) is 11.7. The minimum atomic E-state index is -0.477. The van der Waals surface area contributed by atoms with Gasteiger partial charge in [-0.2, -0.15) is 4.98 Å². The fourth-order valence-corrected chi connectivity index (χ4v) is 1.81. The van der Waals surface area contributed by atoms with Crippen molar-refractivity contribution in [2.45, 2.75) is 26.4 Å². The molecule has 0 saturated carbocycles. The number of urea groups is 1. The molecule has 0 saturated heterocycles. The van der Waals surface area contributed by atoms with Gasteiger partial charge < -0.3 is 15.2 Å². The first-order valence-electron chi connectivity index (χ1n) is 6.53. The molecule has 0 spiro atoms. The lowest BCUT2D eigenvalue weighted by Gasteiger charge is -2.14. The number of nitro groups is 1. The smallest absolute Gasteiger partial charge is 0.315 e. The maximum atomic E-state index is 11.8. The summed E-state index contributed by atoms with van der Waals surface area (Å²) in [7, 11) is 0. The number of nitrogens with one attached hydrogen (secondary N) is 2. The van der Waals surface area contributed by atoms with Crippen molar-refractivity contribution in [1.82, 2.24) is 20.8 Å². The van der Waals surface area contributed by atoms with Crippen LogP contribution in [0.4, 0.5) is 10.5 Å². The van der Waals surface area contributed by atoms with Gasteiger partial charge in [0, 0.05) is 19.1 Å². The lowest BCUT2D eigenvalue weighted by atomic mass is 10.1. The summed E-state index contributed by atoms with van der Waals surface area (Å²) in [6, 6.07) is 5.29. The monoisotopic (exact) mass is 305 g/mol. The Balaban J connectivity index is 1.90. The largest absolute Gasteiger partial charge is 0.340 e. The van der Waals surface area contributed by atoms with Crippen LogP contribution in [0.5, 0.6) is 0 Å². The standard InChI is InChI=1S/C13H15N5O4/c1-8(10-4-3-5-11(6-10)18(20)21)15-13(19)14-7-12-16-9(2)22-17-12/h3-6,8H,7H2,1-2H3,(H2,14,15,19)/t8-/m0/s1. The summed E-state index contributed by atoms with van der Waals surface area (Å²) in [5, 5.41) is 19.7. The molecule has 9 nitrogen and oxygen atoms in total. The second-order valence-corrected chi connectivity index (χ2v) is 4.63. The molecule has 1 aromatic carbocycles. The molecule has 0 aliphatic rings. The Morgan fingerprint density at radius 2 is 2.27 bits per heavy atom. The van der Waals surface area contributed by atoms with E-state index in [1.807, 2.05) is 0 Å². The molecular formula is C13H15N5O4. The first-order chi connectivity index (χ1) is 10.5. The maximum absolute atomic E-state index is 11.8. The number of amides is 2. The first kappa shape index (κ1) is 15.4. The highest BCUT2D eigenvalue weighted by atomic mass is 16.6. The van der Waals surface area contributed by atoms with Crippen LogP contribution in [-0.4, -0.2) is 21.1 Å². The van der Waals surface area contributed by atoms with Crippen molar-refractivity contribution in [3.8, 4) is 0 Å². The molecule has 0 bridgehead atoms. The number of nitro benzene ring substituents is 1. The summed E-state index contributed by atoms with van der Waals surface area (Å²) >= 11 is 0. The molecule has 9 heteroatoms. The van der Waals surface area contributed by atoms with Gasteiger partial charge in [0.05, 0.1) is 17.5 Å². The summed E-state index contributed by atoms with van der Waals surface area (Å²) in [6.07, 6.45) is 0. The highest BCUT2D eigenvalue weighted by molar-refractivity contribution is 5.74. The van der Waals surface area contributed by atoms with E-state index < -0.39 is 11.0 Å². The number of hydrogen-bond acceptors (Lipinski definition) is 6. The minimum absolute atomic E-state index is 0.0196. The van der Waals surface area contributed by atoms with Crippen molar-refractivity contribution in [3.05, 3.63) is 51.7 Å². The zero-order valence-electron chi connectivity index (χ0n) is 12.1. The zero-order chi connectivity index (χ0) is 16.1. The third kappa shape index (κ3) is 4.01. The molecule has 0 fully saturated rings. The van der Waals surface area contributed by atoms with Gasteiger partial charge in [-0.05, 0) is 12.5 Å². The van der Waals surface area contributed by atoms with Crippen molar-refractivity contribution < 1.29 is 14.2 Å². The third-order valence-electron chi connectivity index (χ3n) is 2.91. The molecule has 1 heterocycles. The number of non-ortho nitro benzene ring substituents is 1. The van der Waals surface area contributed by atoms with Gasteiger partial charge >= 0.3 is 6.03 Å². The first-order valence-corrected chi connectivity index (χ1v) is 6.53. The minimum Gasteiger partial charge on any atom is -0.340 e. The van der Waals surface area contributed by atoms with Crippen molar-refractivity contribution in [3.63, 3.8) is 0 Å². The molecule has 2 N–H and O–H groups in total. The molecule has 22 heavy (non-hydrogen) atoms. The second-order valence-electron chi connectivity index (χ2n) is 4.63. The molecule has 0 aliphatic carbocycles. The van der Waals surface area contributed by atoms with E-state index in [0.29, 0.717) is 17.3 Å². The zero-order valence-corrected chi connectivity index (χ0v) is 12.1. The van der Waals surface area contributed by atoms with Crippen LogP contribution in [0.1, 0.15) is 30.2 Å². The molecule has 0 unspecified atom stereocenters. The van der Waals surface area contributed by atoms with Crippen LogP contribution in [0.2, 0.25) is 0 Å². The van der Waals surface area contributed by atoms with Gasteiger partial charge in [0.2, 0.25) is 5.89 Å². The second kappa shape index (κ2) is 6.66. The molecule has 2 aromatic rings. The van der Waals surface area contributed by atoms with Gasteiger partial charge in [-0.3, -0.25) is 10.1 Å². The predicted octanol–water partition coefficient (Wildman–Crippen LogP) is 1.85. The van der Waals surface area contributed by atoms with Crippen LogP contribution < -0.4 is 10.6 Å². The molecule has 2 rings (SSSR count). The Hall–Kier alpha value is -2.97. The van der Waals surface area contributed by atoms with Gasteiger partial charge in [-0.25, -0.2) is 4.79 Å². The van der Waals surface area contributed by atoms with Crippen molar-refractivity contribution in [2.24, 2.45) is 0 Å². The fourth-order valence-electron chi connectivity index (χ4n) is 1.81. The molecular weight excluding hydrogens is 290 g/mol. The topological polar surface area (TPSA) is 123 Å². The lowest BCUT2D eigenvalue weighted by molar-refractivity contribution is -0.384. The number of hydrogen-bond donors (Lipinski definition) is 2. The number of benzene rings is 1. The van der Waals surface area contributed by atoms with E-state index in [-0.39, 0.29) is 18.3 Å². The Kier molecular flexibility index (Phi) is 4.66. The molecule has 2 amide bonds. The van der Waals surface area contributed by atoms with Crippen molar-refractivity contribution in [1.29, 1.82) is 0 Å². The van der Waals surface area contributed by atoms with Crippen molar-refractivity contribution in [2.75, 3.05) is 0 Å². The van der Waals surface area contributed by atoms with E-state index in [4.69, 9.17) is 4.52 Å². The van der Waals surface area contributed by atoms with E-state index in [0.717, 1.165) is 0 Å². The van der Waals surface area contributed by atoms with E-state index in [9.17, 15) is 14.9 Å². The number of aryl methyl sites for hydroxylation is 1. The van der Waals surface area contributed by atoms with E-state index in [2.05, 4.69) is 20.8 Å². The summed E-state index contributed by atoms with van der Waals surface area (Å²) in [4.78, 5) is 26.0. The van der Waals surface area contributed by atoms with E-state index in [1.54, 1.807) is 26.0 Å². The Labute approximate surface area is 125 Å². The van der Waals surface area contributed by atoms with Crippen LogP contribution in [0.25, 0.3) is 0 Å². The number of carbonyl (C=O) groups excluding carboxylic acids is 1. The molecule has 1 atom stereocenters. The number of carbonyl (C=O) groups is 1.